The van der Waals surface area contributed by atoms with Crippen molar-refractivity contribution in [2.75, 3.05) is 38.5 Å². The Balaban J connectivity index is 1.25. The summed E-state index contributed by atoms with van der Waals surface area (Å²) in [5, 5.41) is 11.8. The van der Waals surface area contributed by atoms with Crippen LogP contribution >= 0.6 is 0 Å². The fraction of sp³-hybridized carbons (Fsp3) is 0.279. The summed E-state index contributed by atoms with van der Waals surface area (Å²) < 4.78 is 64.3. The molecule has 0 saturated carbocycles. The predicted molar refractivity (Wildman–Crippen MR) is 214 cm³/mol. The summed E-state index contributed by atoms with van der Waals surface area (Å²) >= 11 is 0. The van der Waals surface area contributed by atoms with Crippen molar-refractivity contribution in [1.29, 1.82) is 0 Å². The molecule has 0 unspecified atom stereocenters. The minimum atomic E-state index is -4.61. The SMILES string of the molecule is COc1ccc(CNc2nccc3c([C@@H]4CC[C@H](C)N(C(=O)OCc5ccccc5)C4)nn(-c4ccc(C(=O)Nc5cc(C(F)(F)F)ccn5)cc4OC)c23)c(OC)c1. The zero-order valence-electron chi connectivity index (χ0n) is 32.7. The standard InChI is InChI=1S/C43H42F3N7O6/c1-26-10-11-30(24-52(26)42(55)59-25-27-8-6-5-7-9-27)38-33-17-19-48-40(49-23-29-12-14-32(56-2)22-35(29)57-3)39(33)53(51-38)34-15-13-28(20-36(34)58-4)41(54)50-37-21-31(16-18-47-37)43(44,45)46/h5-9,12-22,26,30H,10-11,23-25H2,1-4H3,(H,48,49)(H,47,50,54)/t26-,30+/m0/s1. The highest BCUT2D eigenvalue weighted by atomic mass is 19.4. The molecule has 1 aliphatic heterocycles. The van der Waals surface area contributed by atoms with E-state index in [0.717, 1.165) is 47.0 Å². The molecule has 1 saturated heterocycles. The first-order valence-electron chi connectivity index (χ1n) is 18.8. The average molecular weight is 810 g/mol. The first-order valence-corrected chi connectivity index (χ1v) is 18.8. The van der Waals surface area contributed by atoms with E-state index in [-0.39, 0.29) is 35.7 Å². The van der Waals surface area contributed by atoms with Crippen LogP contribution in [0.25, 0.3) is 16.6 Å². The second-order valence-electron chi connectivity index (χ2n) is 14.0. The number of hydrogen-bond donors (Lipinski definition) is 2. The second kappa shape index (κ2) is 17.3. The zero-order valence-corrected chi connectivity index (χ0v) is 32.7. The Morgan fingerprint density at radius 2 is 1.64 bits per heavy atom. The first-order chi connectivity index (χ1) is 28.5. The Morgan fingerprint density at radius 3 is 2.39 bits per heavy atom. The summed E-state index contributed by atoms with van der Waals surface area (Å²) in [6, 6.07) is 23.1. The number of rotatable bonds is 12. The van der Waals surface area contributed by atoms with Gasteiger partial charge in [0.15, 0.2) is 5.82 Å². The van der Waals surface area contributed by atoms with Crippen LogP contribution < -0.4 is 24.8 Å². The molecule has 0 aliphatic carbocycles. The van der Waals surface area contributed by atoms with E-state index in [9.17, 15) is 22.8 Å². The van der Waals surface area contributed by atoms with Gasteiger partial charge < -0.3 is 34.5 Å². The van der Waals surface area contributed by atoms with Crippen molar-refractivity contribution < 1.29 is 41.7 Å². The van der Waals surface area contributed by atoms with Crippen LogP contribution in [-0.2, 0) is 24.1 Å². The molecule has 1 aliphatic rings. The van der Waals surface area contributed by atoms with Gasteiger partial charge in [0.2, 0.25) is 0 Å². The number of likely N-dealkylation sites (tertiary alicyclic amines) is 1. The summed E-state index contributed by atoms with van der Waals surface area (Å²) in [6.07, 6.45) is -0.906. The number of carbonyl (C=O) groups is 2. The molecule has 59 heavy (non-hydrogen) atoms. The van der Waals surface area contributed by atoms with Crippen LogP contribution in [0.1, 0.15) is 58.4 Å². The Bertz CT molecular complexity index is 2460. The highest BCUT2D eigenvalue weighted by molar-refractivity contribution is 6.04. The van der Waals surface area contributed by atoms with Crippen LogP contribution in [0.2, 0.25) is 0 Å². The van der Waals surface area contributed by atoms with Gasteiger partial charge in [-0.15, -0.1) is 0 Å². The maximum Gasteiger partial charge on any atom is 0.416 e. The largest absolute Gasteiger partial charge is 0.497 e. The van der Waals surface area contributed by atoms with Crippen molar-refractivity contribution in [1.82, 2.24) is 24.6 Å². The van der Waals surface area contributed by atoms with Gasteiger partial charge in [0, 0.05) is 60.0 Å². The Kier molecular flexibility index (Phi) is 11.9. The number of alkyl halides is 3. The van der Waals surface area contributed by atoms with E-state index >= 15 is 0 Å². The number of benzene rings is 3. The molecule has 6 aromatic rings. The minimum absolute atomic E-state index is 0.0637. The van der Waals surface area contributed by atoms with Gasteiger partial charge in [-0.3, -0.25) is 4.79 Å². The maximum atomic E-state index is 13.5. The van der Waals surface area contributed by atoms with Crippen molar-refractivity contribution in [3.63, 3.8) is 0 Å². The molecule has 0 spiro atoms. The van der Waals surface area contributed by atoms with Crippen molar-refractivity contribution in [3.05, 3.63) is 125 Å². The van der Waals surface area contributed by atoms with Crippen LogP contribution in [0, 0.1) is 0 Å². The average Bonchev–Trinajstić information content (AvgIpc) is 3.65. The molecule has 0 radical (unpaired) electrons. The number of nitrogens with one attached hydrogen (secondary N) is 2. The van der Waals surface area contributed by atoms with Crippen LogP contribution in [0.15, 0.2) is 97.3 Å². The van der Waals surface area contributed by atoms with Gasteiger partial charge in [0.25, 0.3) is 5.91 Å². The lowest BCUT2D eigenvalue weighted by Crippen LogP contribution is -2.45. The molecule has 1 fully saturated rings. The summed E-state index contributed by atoms with van der Waals surface area (Å²) in [5.74, 6) is 0.856. The number of aromatic nitrogens is 4. The molecule has 306 valence electrons. The van der Waals surface area contributed by atoms with E-state index in [4.69, 9.17) is 29.0 Å². The molecule has 3 aromatic carbocycles. The summed E-state index contributed by atoms with van der Waals surface area (Å²) in [6.45, 7) is 2.83. The molecular weight excluding hydrogens is 768 g/mol. The number of carbonyl (C=O) groups excluding carboxylic acids is 2. The Labute approximate surface area is 338 Å². The van der Waals surface area contributed by atoms with Crippen molar-refractivity contribution >= 4 is 34.5 Å². The van der Waals surface area contributed by atoms with Gasteiger partial charge >= 0.3 is 12.3 Å². The Hall–Kier alpha value is -6.84. The van der Waals surface area contributed by atoms with Gasteiger partial charge in [-0.25, -0.2) is 19.4 Å². The molecule has 2 atom stereocenters. The topological polar surface area (TPSA) is 142 Å². The summed E-state index contributed by atoms with van der Waals surface area (Å²) in [5.41, 5.74) is 2.67. The maximum absolute atomic E-state index is 13.5. The predicted octanol–water partition coefficient (Wildman–Crippen LogP) is 8.63. The highest BCUT2D eigenvalue weighted by Crippen LogP contribution is 2.39. The minimum Gasteiger partial charge on any atom is -0.497 e. The van der Waals surface area contributed by atoms with Crippen molar-refractivity contribution in [3.8, 4) is 22.9 Å². The number of ether oxygens (including phenoxy) is 4. The van der Waals surface area contributed by atoms with Crippen LogP contribution in [0.5, 0.6) is 17.2 Å². The monoisotopic (exact) mass is 809 g/mol. The lowest BCUT2D eigenvalue weighted by molar-refractivity contribution is -0.137. The van der Waals surface area contributed by atoms with Crippen LogP contribution in [-0.4, -0.2) is 70.6 Å². The van der Waals surface area contributed by atoms with Crippen LogP contribution in [0.3, 0.4) is 0 Å². The molecule has 2 N–H and O–H groups in total. The van der Waals surface area contributed by atoms with E-state index < -0.39 is 23.7 Å². The number of pyridine rings is 2. The molecular formula is C43H42F3N7O6. The first kappa shape index (κ1) is 40.4. The molecule has 3 aromatic heterocycles. The molecule has 16 heteroatoms. The van der Waals surface area contributed by atoms with Crippen LogP contribution in [0.4, 0.5) is 29.6 Å². The molecule has 7 rings (SSSR count). The highest BCUT2D eigenvalue weighted by Gasteiger charge is 2.34. The lowest BCUT2D eigenvalue weighted by Gasteiger charge is -2.36. The smallest absolute Gasteiger partial charge is 0.416 e. The number of nitrogens with zero attached hydrogens (tertiary/aromatic N) is 5. The number of hydrogen-bond acceptors (Lipinski definition) is 10. The van der Waals surface area contributed by atoms with Crippen molar-refractivity contribution in [2.24, 2.45) is 0 Å². The van der Waals surface area contributed by atoms with Crippen molar-refractivity contribution in [2.45, 2.75) is 51.1 Å². The third kappa shape index (κ3) is 8.86. The molecule has 13 nitrogen and oxygen atoms in total. The fourth-order valence-corrected chi connectivity index (χ4v) is 7.11. The van der Waals surface area contributed by atoms with E-state index in [1.54, 1.807) is 42.1 Å². The quantitative estimate of drug-likeness (QED) is 0.123. The van der Waals surface area contributed by atoms with E-state index in [0.29, 0.717) is 48.0 Å². The number of methoxy groups -OCH3 is 3. The second-order valence-corrected chi connectivity index (χ2v) is 14.0. The number of anilines is 2. The molecule has 0 bridgehead atoms. The van der Waals surface area contributed by atoms with Gasteiger partial charge in [-0.2, -0.15) is 18.3 Å². The number of fused-ring (bicyclic) bond motifs is 1. The summed E-state index contributed by atoms with van der Waals surface area (Å²) in [7, 11) is 4.60. The zero-order chi connectivity index (χ0) is 41.7. The summed E-state index contributed by atoms with van der Waals surface area (Å²) in [4.78, 5) is 37.2. The fourth-order valence-electron chi connectivity index (χ4n) is 7.11. The van der Waals surface area contributed by atoms with E-state index in [1.165, 1.54) is 19.2 Å². The molecule has 4 heterocycles. The van der Waals surface area contributed by atoms with E-state index in [2.05, 4.69) is 15.6 Å². The molecule has 2 amide bonds. The number of amides is 2. The van der Waals surface area contributed by atoms with E-state index in [1.807, 2.05) is 55.5 Å². The van der Waals surface area contributed by atoms with Gasteiger partial charge in [-0.1, -0.05) is 30.3 Å². The number of halogens is 3. The number of piperidine rings is 1. The third-order valence-corrected chi connectivity index (χ3v) is 10.3. The van der Waals surface area contributed by atoms with Gasteiger partial charge in [0.1, 0.15) is 40.9 Å². The normalized spacial score (nSPS) is 15.4. The van der Waals surface area contributed by atoms with Gasteiger partial charge in [-0.05, 0) is 73.9 Å². The van der Waals surface area contributed by atoms with Gasteiger partial charge in [0.05, 0.1) is 32.6 Å². The lowest BCUT2D eigenvalue weighted by atomic mass is 9.90. The third-order valence-electron chi connectivity index (χ3n) is 10.3. The Morgan fingerprint density at radius 1 is 0.864 bits per heavy atom.